The van der Waals surface area contributed by atoms with Gasteiger partial charge in [0, 0.05) is 17.6 Å². The lowest BCUT2D eigenvalue weighted by atomic mass is 10.1. The number of nitrogens with zero attached hydrogens (tertiary/aromatic N) is 2. The van der Waals surface area contributed by atoms with E-state index in [2.05, 4.69) is 5.32 Å². The van der Waals surface area contributed by atoms with Gasteiger partial charge in [-0.15, -0.1) is 0 Å². The summed E-state index contributed by atoms with van der Waals surface area (Å²) in [6, 6.07) is 18.2. The first-order chi connectivity index (χ1) is 19.1. The summed E-state index contributed by atoms with van der Waals surface area (Å²) >= 11 is 18.4. The molecule has 1 saturated carbocycles. The number of anilines is 1. The van der Waals surface area contributed by atoms with Crippen molar-refractivity contribution in [2.45, 2.75) is 56.1 Å². The highest BCUT2D eigenvalue weighted by atomic mass is 35.5. The topological polar surface area (TPSA) is 86.8 Å². The van der Waals surface area contributed by atoms with Crippen LogP contribution in [0.15, 0.2) is 77.7 Å². The van der Waals surface area contributed by atoms with Crippen molar-refractivity contribution in [1.82, 2.24) is 10.2 Å². The molecule has 1 atom stereocenters. The molecule has 3 aromatic carbocycles. The molecule has 0 unspecified atom stereocenters. The molecular formula is C29H30Cl3N3O4S. The van der Waals surface area contributed by atoms with E-state index in [1.54, 1.807) is 55.5 Å². The minimum atomic E-state index is -4.14. The molecular weight excluding hydrogens is 593 g/mol. The highest BCUT2D eigenvalue weighted by Crippen LogP contribution is 2.27. The van der Waals surface area contributed by atoms with Gasteiger partial charge in [-0.2, -0.15) is 0 Å². The van der Waals surface area contributed by atoms with Crippen molar-refractivity contribution in [3.05, 3.63) is 93.4 Å². The summed E-state index contributed by atoms with van der Waals surface area (Å²) in [5.41, 5.74) is 0.909. The van der Waals surface area contributed by atoms with Gasteiger partial charge in [0.2, 0.25) is 11.8 Å². The van der Waals surface area contributed by atoms with Crippen LogP contribution in [0.4, 0.5) is 5.69 Å². The van der Waals surface area contributed by atoms with E-state index < -0.39 is 28.5 Å². The second kappa shape index (κ2) is 13.3. The molecule has 40 heavy (non-hydrogen) atoms. The fourth-order valence-corrected chi connectivity index (χ4v) is 6.55. The van der Waals surface area contributed by atoms with Crippen molar-refractivity contribution in [2.75, 3.05) is 10.8 Å². The second-order valence-corrected chi connectivity index (χ2v) is 12.9. The number of sulfonamides is 1. The largest absolute Gasteiger partial charge is 0.352 e. The normalized spacial score (nSPS) is 14.5. The molecule has 1 N–H and O–H groups in total. The van der Waals surface area contributed by atoms with Gasteiger partial charge in [-0.1, -0.05) is 71.9 Å². The van der Waals surface area contributed by atoms with Crippen molar-refractivity contribution < 1.29 is 18.0 Å². The molecule has 3 aromatic rings. The van der Waals surface area contributed by atoms with Crippen molar-refractivity contribution in [3.8, 4) is 0 Å². The fourth-order valence-electron chi connectivity index (χ4n) is 4.67. The standard InChI is InChI=1S/C29H30Cl3N3O4S/c1-20(29(37)33-23-7-5-6-8-23)34(18-21-11-16-26(31)27(32)17-21)28(36)19-35(24-14-12-22(30)13-15-24)40(38,39)25-9-3-2-4-10-25/h2-4,9-17,20,23H,5-8,18-19H2,1H3,(H,33,37)/t20-/m1/s1. The van der Waals surface area contributed by atoms with Gasteiger partial charge in [-0.25, -0.2) is 8.42 Å². The molecule has 0 heterocycles. The minimum Gasteiger partial charge on any atom is -0.352 e. The molecule has 7 nitrogen and oxygen atoms in total. The molecule has 0 aromatic heterocycles. The predicted molar refractivity (Wildman–Crippen MR) is 159 cm³/mol. The highest BCUT2D eigenvalue weighted by molar-refractivity contribution is 7.92. The maximum atomic E-state index is 14.0. The summed E-state index contributed by atoms with van der Waals surface area (Å²) in [5.74, 6) is -0.862. The van der Waals surface area contributed by atoms with E-state index in [1.807, 2.05) is 0 Å². The smallest absolute Gasteiger partial charge is 0.264 e. The van der Waals surface area contributed by atoms with Crippen LogP contribution in [0.2, 0.25) is 15.1 Å². The first-order valence-electron chi connectivity index (χ1n) is 12.9. The molecule has 1 fully saturated rings. The van der Waals surface area contributed by atoms with Crippen LogP contribution >= 0.6 is 34.8 Å². The van der Waals surface area contributed by atoms with E-state index in [0.29, 0.717) is 20.6 Å². The van der Waals surface area contributed by atoms with Crippen LogP contribution in [0.1, 0.15) is 38.2 Å². The van der Waals surface area contributed by atoms with Crippen molar-refractivity contribution >= 4 is 62.3 Å². The summed E-state index contributed by atoms with van der Waals surface area (Å²) in [5, 5.41) is 4.13. The van der Waals surface area contributed by atoms with Gasteiger partial charge in [0.1, 0.15) is 12.6 Å². The number of carbonyl (C=O) groups excluding carboxylic acids is 2. The Labute approximate surface area is 250 Å². The lowest BCUT2D eigenvalue weighted by molar-refractivity contribution is -0.139. The van der Waals surface area contributed by atoms with E-state index >= 15 is 0 Å². The van der Waals surface area contributed by atoms with Gasteiger partial charge in [-0.05, 0) is 73.9 Å². The number of nitrogens with one attached hydrogen (secondary N) is 1. The molecule has 0 saturated heterocycles. The van der Waals surface area contributed by atoms with Crippen LogP contribution in [0.25, 0.3) is 0 Å². The lowest BCUT2D eigenvalue weighted by Crippen LogP contribution is -2.52. The van der Waals surface area contributed by atoms with Gasteiger partial charge < -0.3 is 10.2 Å². The maximum absolute atomic E-state index is 14.0. The first kappa shape index (κ1) is 30.2. The Morgan fingerprint density at radius 2 is 1.57 bits per heavy atom. The number of halogens is 3. The number of hydrogen-bond acceptors (Lipinski definition) is 4. The molecule has 0 aliphatic heterocycles. The quantitative estimate of drug-likeness (QED) is 0.287. The lowest BCUT2D eigenvalue weighted by Gasteiger charge is -2.32. The van der Waals surface area contributed by atoms with Crippen LogP contribution in [0, 0.1) is 0 Å². The Kier molecular flexibility index (Phi) is 10.0. The van der Waals surface area contributed by atoms with E-state index in [0.717, 1.165) is 30.0 Å². The maximum Gasteiger partial charge on any atom is 0.264 e. The summed E-state index contributed by atoms with van der Waals surface area (Å²) in [7, 11) is -4.14. The van der Waals surface area contributed by atoms with Gasteiger partial charge >= 0.3 is 0 Å². The Morgan fingerprint density at radius 3 is 2.20 bits per heavy atom. The summed E-state index contributed by atoms with van der Waals surface area (Å²) in [4.78, 5) is 28.6. The van der Waals surface area contributed by atoms with E-state index in [9.17, 15) is 18.0 Å². The van der Waals surface area contributed by atoms with E-state index in [4.69, 9.17) is 34.8 Å². The van der Waals surface area contributed by atoms with Crippen LogP contribution in [-0.4, -0.2) is 43.8 Å². The number of benzene rings is 3. The third-order valence-corrected chi connectivity index (χ3v) is 9.71. The molecule has 4 rings (SSSR count). The average Bonchev–Trinajstić information content (AvgIpc) is 3.46. The summed E-state index contributed by atoms with van der Waals surface area (Å²) in [6.07, 6.45) is 3.86. The summed E-state index contributed by atoms with van der Waals surface area (Å²) < 4.78 is 28.6. The van der Waals surface area contributed by atoms with Crippen LogP contribution in [0.5, 0.6) is 0 Å². The van der Waals surface area contributed by atoms with E-state index in [1.165, 1.54) is 29.2 Å². The van der Waals surface area contributed by atoms with Crippen LogP contribution < -0.4 is 9.62 Å². The second-order valence-electron chi connectivity index (χ2n) is 9.74. The van der Waals surface area contributed by atoms with Crippen molar-refractivity contribution in [3.63, 3.8) is 0 Å². The zero-order valence-corrected chi connectivity index (χ0v) is 25.0. The number of rotatable bonds is 10. The van der Waals surface area contributed by atoms with Gasteiger partial charge in [-0.3, -0.25) is 13.9 Å². The molecule has 0 spiro atoms. The third-order valence-electron chi connectivity index (χ3n) is 6.93. The zero-order valence-electron chi connectivity index (χ0n) is 21.9. The van der Waals surface area contributed by atoms with Crippen molar-refractivity contribution in [2.24, 2.45) is 0 Å². The SMILES string of the molecule is C[C@H](C(=O)NC1CCCC1)N(Cc1ccc(Cl)c(Cl)c1)C(=O)CN(c1ccc(Cl)cc1)S(=O)(=O)c1ccccc1. The first-order valence-corrected chi connectivity index (χ1v) is 15.5. The molecule has 2 amide bonds. The minimum absolute atomic E-state index is 0.0226. The van der Waals surface area contributed by atoms with Crippen LogP contribution in [-0.2, 0) is 26.2 Å². The Morgan fingerprint density at radius 1 is 0.925 bits per heavy atom. The van der Waals surface area contributed by atoms with Gasteiger partial charge in [0.05, 0.1) is 20.6 Å². The Balaban J connectivity index is 1.68. The zero-order chi connectivity index (χ0) is 28.9. The monoisotopic (exact) mass is 621 g/mol. The predicted octanol–water partition coefficient (Wildman–Crippen LogP) is 6.32. The Bertz CT molecular complexity index is 1450. The Hall–Kier alpha value is -2.78. The molecule has 212 valence electrons. The fraction of sp³-hybridized carbons (Fsp3) is 0.310. The number of hydrogen-bond donors (Lipinski definition) is 1. The molecule has 1 aliphatic carbocycles. The van der Waals surface area contributed by atoms with Gasteiger partial charge in [0.25, 0.3) is 10.0 Å². The molecule has 11 heteroatoms. The average molecular weight is 623 g/mol. The third kappa shape index (κ3) is 7.29. The highest BCUT2D eigenvalue weighted by Gasteiger charge is 2.33. The molecule has 1 aliphatic rings. The number of carbonyl (C=O) groups is 2. The van der Waals surface area contributed by atoms with Crippen LogP contribution in [0.3, 0.4) is 0 Å². The van der Waals surface area contributed by atoms with Crippen molar-refractivity contribution in [1.29, 1.82) is 0 Å². The molecule has 0 bridgehead atoms. The van der Waals surface area contributed by atoms with Gasteiger partial charge in [0.15, 0.2) is 0 Å². The summed E-state index contributed by atoms with van der Waals surface area (Å²) in [6.45, 7) is 1.12. The van der Waals surface area contributed by atoms with E-state index in [-0.39, 0.29) is 29.1 Å². The number of amides is 2. The molecule has 0 radical (unpaired) electrons.